The highest BCUT2D eigenvalue weighted by molar-refractivity contribution is 9.10. The highest BCUT2D eigenvalue weighted by atomic mass is 79.9. The SMILES string of the molecule is CC(C)c1cc(Br)ccc1OCc1cc(F)ccc1CN. The third kappa shape index (κ3) is 4.05. The second-order valence-corrected chi connectivity index (χ2v) is 6.16. The predicted molar refractivity (Wildman–Crippen MR) is 86.9 cm³/mol. The van der Waals surface area contributed by atoms with Crippen LogP contribution in [0.2, 0.25) is 0 Å². The van der Waals surface area contributed by atoms with Crippen molar-refractivity contribution in [2.75, 3.05) is 0 Å². The van der Waals surface area contributed by atoms with Gasteiger partial charge in [-0.25, -0.2) is 4.39 Å². The Balaban J connectivity index is 2.22. The molecule has 21 heavy (non-hydrogen) atoms. The van der Waals surface area contributed by atoms with Crippen LogP contribution in [-0.4, -0.2) is 0 Å². The minimum Gasteiger partial charge on any atom is -0.489 e. The van der Waals surface area contributed by atoms with E-state index in [4.69, 9.17) is 10.5 Å². The summed E-state index contributed by atoms with van der Waals surface area (Å²) in [5.74, 6) is 0.894. The van der Waals surface area contributed by atoms with Crippen molar-refractivity contribution in [2.24, 2.45) is 5.73 Å². The Morgan fingerprint density at radius 2 is 1.90 bits per heavy atom. The lowest BCUT2D eigenvalue weighted by atomic mass is 10.0. The Kier molecular flexibility index (Phi) is 5.37. The van der Waals surface area contributed by atoms with Crippen LogP contribution < -0.4 is 10.5 Å². The van der Waals surface area contributed by atoms with E-state index in [9.17, 15) is 4.39 Å². The number of hydrogen-bond donors (Lipinski definition) is 1. The van der Waals surface area contributed by atoms with Gasteiger partial charge in [0.15, 0.2) is 0 Å². The summed E-state index contributed by atoms with van der Waals surface area (Å²) >= 11 is 3.47. The van der Waals surface area contributed by atoms with Crippen LogP contribution in [0.4, 0.5) is 4.39 Å². The molecule has 112 valence electrons. The fourth-order valence-electron chi connectivity index (χ4n) is 2.19. The fourth-order valence-corrected chi connectivity index (χ4v) is 2.56. The zero-order chi connectivity index (χ0) is 15.4. The number of rotatable bonds is 5. The van der Waals surface area contributed by atoms with Gasteiger partial charge < -0.3 is 10.5 Å². The highest BCUT2D eigenvalue weighted by Crippen LogP contribution is 2.30. The summed E-state index contributed by atoms with van der Waals surface area (Å²) < 4.78 is 20.3. The van der Waals surface area contributed by atoms with Gasteiger partial charge >= 0.3 is 0 Å². The molecular weight excluding hydrogens is 333 g/mol. The maximum Gasteiger partial charge on any atom is 0.123 e. The van der Waals surface area contributed by atoms with E-state index in [1.54, 1.807) is 6.07 Å². The first-order chi connectivity index (χ1) is 10.0. The van der Waals surface area contributed by atoms with Gasteiger partial charge in [0.05, 0.1) is 0 Å². The van der Waals surface area contributed by atoms with Gasteiger partial charge in [-0.15, -0.1) is 0 Å². The maximum absolute atomic E-state index is 13.4. The van der Waals surface area contributed by atoms with Gasteiger partial charge in [0, 0.05) is 11.0 Å². The van der Waals surface area contributed by atoms with E-state index in [1.165, 1.54) is 12.1 Å². The minimum atomic E-state index is -0.273. The predicted octanol–water partition coefficient (Wildman–Crippen LogP) is 4.75. The van der Waals surface area contributed by atoms with Crippen molar-refractivity contribution in [3.8, 4) is 5.75 Å². The molecule has 2 rings (SSSR count). The van der Waals surface area contributed by atoms with Crippen LogP contribution in [0.15, 0.2) is 40.9 Å². The summed E-state index contributed by atoms with van der Waals surface area (Å²) in [5, 5.41) is 0. The summed E-state index contributed by atoms with van der Waals surface area (Å²) in [5.41, 5.74) is 8.49. The van der Waals surface area contributed by atoms with Crippen LogP contribution in [-0.2, 0) is 13.2 Å². The van der Waals surface area contributed by atoms with Gasteiger partial charge in [-0.1, -0.05) is 35.8 Å². The molecule has 0 aliphatic heterocycles. The summed E-state index contributed by atoms with van der Waals surface area (Å²) in [4.78, 5) is 0. The van der Waals surface area contributed by atoms with E-state index in [1.807, 2.05) is 12.1 Å². The largest absolute Gasteiger partial charge is 0.489 e. The minimum absolute atomic E-state index is 0.273. The quantitative estimate of drug-likeness (QED) is 0.843. The van der Waals surface area contributed by atoms with Crippen LogP contribution in [0.1, 0.15) is 36.5 Å². The second kappa shape index (κ2) is 7.05. The molecule has 0 bridgehead atoms. The molecule has 0 saturated heterocycles. The van der Waals surface area contributed by atoms with E-state index in [2.05, 4.69) is 35.8 Å². The molecule has 2 aromatic carbocycles. The standard InChI is InChI=1S/C17H19BrFNO/c1-11(2)16-8-14(18)4-6-17(16)21-10-13-7-15(19)5-3-12(13)9-20/h3-8,11H,9-10,20H2,1-2H3. The van der Waals surface area contributed by atoms with Crippen LogP contribution >= 0.6 is 15.9 Å². The van der Waals surface area contributed by atoms with Crippen LogP contribution in [0.25, 0.3) is 0 Å². The molecule has 0 radical (unpaired) electrons. The van der Waals surface area contributed by atoms with E-state index in [0.717, 1.165) is 26.9 Å². The summed E-state index contributed by atoms with van der Waals surface area (Å²) in [6.45, 7) is 4.91. The number of hydrogen-bond acceptors (Lipinski definition) is 2. The Bertz CT molecular complexity index is 628. The number of benzene rings is 2. The molecule has 0 unspecified atom stereocenters. The lowest BCUT2D eigenvalue weighted by Gasteiger charge is -2.16. The molecular formula is C17H19BrFNO. The molecule has 0 spiro atoms. The van der Waals surface area contributed by atoms with Gasteiger partial charge in [0.2, 0.25) is 0 Å². The summed E-state index contributed by atoms with van der Waals surface area (Å²) in [6, 6.07) is 10.5. The van der Waals surface area contributed by atoms with Gasteiger partial charge in [-0.2, -0.15) is 0 Å². The van der Waals surface area contributed by atoms with Crippen molar-refractivity contribution in [1.82, 2.24) is 0 Å². The van der Waals surface area contributed by atoms with Crippen LogP contribution in [0, 0.1) is 5.82 Å². The average molecular weight is 352 g/mol. The van der Waals surface area contributed by atoms with Crippen molar-refractivity contribution in [3.05, 3.63) is 63.4 Å². The molecule has 0 fully saturated rings. The third-order valence-corrected chi connectivity index (χ3v) is 3.86. The number of halogens is 2. The number of ether oxygens (including phenoxy) is 1. The first kappa shape index (κ1) is 16.0. The molecule has 4 heteroatoms. The Labute approximate surface area is 133 Å². The molecule has 0 aliphatic rings. The monoisotopic (exact) mass is 351 g/mol. The summed E-state index contributed by atoms with van der Waals surface area (Å²) in [7, 11) is 0. The van der Waals surface area contributed by atoms with Gasteiger partial charge in [-0.3, -0.25) is 0 Å². The van der Waals surface area contributed by atoms with Gasteiger partial charge in [0.1, 0.15) is 18.2 Å². The van der Waals surface area contributed by atoms with E-state index < -0.39 is 0 Å². The normalized spacial score (nSPS) is 11.0. The van der Waals surface area contributed by atoms with Crippen molar-refractivity contribution >= 4 is 15.9 Å². The van der Waals surface area contributed by atoms with Crippen molar-refractivity contribution < 1.29 is 9.13 Å². The van der Waals surface area contributed by atoms with Crippen molar-refractivity contribution in [2.45, 2.75) is 32.9 Å². The molecule has 2 nitrogen and oxygen atoms in total. The zero-order valence-electron chi connectivity index (χ0n) is 12.2. The Morgan fingerprint density at radius 3 is 2.57 bits per heavy atom. The molecule has 0 atom stereocenters. The van der Waals surface area contributed by atoms with Gasteiger partial charge in [0.25, 0.3) is 0 Å². The smallest absolute Gasteiger partial charge is 0.123 e. The molecule has 0 amide bonds. The van der Waals surface area contributed by atoms with Gasteiger partial charge in [-0.05, 0) is 52.9 Å². The lowest BCUT2D eigenvalue weighted by molar-refractivity contribution is 0.300. The first-order valence-electron chi connectivity index (χ1n) is 6.91. The zero-order valence-corrected chi connectivity index (χ0v) is 13.8. The third-order valence-electron chi connectivity index (χ3n) is 3.37. The second-order valence-electron chi connectivity index (χ2n) is 5.24. The topological polar surface area (TPSA) is 35.2 Å². The molecule has 0 aromatic heterocycles. The Morgan fingerprint density at radius 1 is 1.14 bits per heavy atom. The summed E-state index contributed by atoms with van der Waals surface area (Å²) in [6.07, 6.45) is 0. The van der Waals surface area contributed by atoms with E-state index >= 15 is 0 Å². The first-order valence-corrected chi connectivity index (χ1v) is 7.70. The van der Waals surface area contributed by atoms with Crippen molar-refractivity contribution in [1.29, 1.82) is 0 Å². The van der Waals surface area contributed by atoms with Crippen LogP contribution in [0.5, 0.6) is 5.75 Å². The lowest BCUT2D eigenvalue weighted by Crippen LogP contribution is -2.06. The maximum atomic E-state index is 13.4. The molecule has 2 N–H and O–H groups in total. The van der Waals surface area contributed by atoms with E-state index in [0.29, 0.717) is 19.1 Å². The molecule has 0 aliphatic carbocycles. The van der Waals surface area contributed by atoms with Crippen LogP contribution in [0.3, 0.4) is 0 Å². The molecule has 2 aromatic rings. The molecule has 0 saturated carbocycles. The fraction of sp³-hybridized carbons (Fsp3) is 0.294. The van der Waals surface area contributed by atoms with E-state index in [-0.39, 0.29) is 5.82 Å². The number of nitrogens with two attached hydrogens (primary N) is 1. The Hall–Kier alpha value is -1.39. The molecule has 0 heterocycles. The van der Waals surface area contributed by atoms with Crippen molar-refractivity contribution in [3.63, 3.8) is 0 Å². The highest BCUT2D eigenvalue weighted by Gasteiger charge is 2.10. The average Bonchev–Trinajstić information content (AvgIpc) is 2.46.